The Bertz CT molecular complexity index is 1620. The maximum atomic E-state index is 14.0. The van der Waals surface area contributed by atoms with Gasteiger partial charge in [0, 0.05) is 36.8 Å². The first kappa shape index (κ1) is 24.8. The van der Waals surface area contributed by atoms with Crippen LogP contribution in [0.25, 0.3) is 11.8 Å². The van der Waals surface area contributed by atoms with Crippen LogP contribution in [0.4, 0.5) is 15.9 Å². The summed E-state index contributed by atoms with van der Waals surface area (Å²) in [4.78, 5) is 20.2. The molecule has 1 aliphatic heterocycles. The van der Waals surface area contributed by atoms with Gasteiger partial charge in [0.15, 0.2) is 17.3 Å². The fourth-order valence-electron chi connectivity index (χ4n) is 5.12. The highest BCUT2D eigenvalue weighted by molar-refractivity contribution is 6.15. The van der Waals surface area contributed by atoms with Crippen molar-refractivity contribution in [2.75, 3.05) is 36.9 Å². The van der Waals surface area contributed by atoms with Gasteiger partial charge in [0.05, 0.1) is 36.9 Å². The van der Waals surface area contributed by atoms with Crippen molar-refractivity contribution in [2.45, 2.75) is 20.3 Å². The molecule has 39 heavy (non-hydrogen) atoms. The summed E-state index contributed by atoms with van der Waals surface area (Å²) >= 11 is 0. The van der Waals surface area contributed by atoms with E-state index >= 15 is 0 Å². The van der Waals surface area contributed by atoms with Gasteiger partial charge in [-0.1, -0.05) is 12.1 Å². The lowest BCUT2D eigenvalue weighted by molar-refractivity contribution is 0.103. The minimum atomic E-state index is -0.476. The van der Waals surface area contributed by atoms with E-state index in [2.05, 4.69) is 34.0 Å². The number of halogens is 1. The molecule has 2 aromatic heterocycles. The number of hydrogen-bond acceptors (Lipinski definition) is 7. The molecule has 2 aromatic carbocycles. The predicted molar refractivity (Wildman–Crippen MR) is 147 cm³/mol. The van der Waals surface area contributed by atoms with Gasteiger partial charge in [-0.25, -0.2) is 14.1 Å². The van der Waals surface area contributed by atoms with Gasteiger partial charge in [-0.15, -0.1) is 0 Å². The number of benzene rings is 2. The van der Waals surface area contributed by atoms with Crippen LogP contribution in [-0.2, 0) is 11.2 Å². The molecule has 0 atom stereocenters. The van der Waals surface area contributed by atoms with Crippen LogP contribution in [0.5, 0.6) is 11.6 Å². The molecule has 0 spiro atoms. The molecule has 3 heterocycles. The minimum Gasteiger partial charge on any atom is -0.436 e. The number of rotatable bonds is 6. The van der Waals surface area contributed by atoms with Gasteiger partial charge < -0.3 is 20.1 Å². The number of nitrogens with zero attached hydrogens (tertiary/aromatic N) is 4. The molecule has 1 fully saturated rings. The number of anilines is 2. The topological polar surface area (TPSA) is 95.5 Å². The number of aryl methyl sites for hydroxylation is 2. The second kappa shape index (κ2) is 9.99. The number of ether oxygens (including phenoxy) is 2. The number of carbonyl (C=O) groups excluding carboxylic acids is 1. The standard InChI is InChI=1S/C30H28FN5O3/c1-18-11-20-13-22(14-21(20)15-25(18)35-7-9-38-10-8-35)29(37)23-16-34-36(30(23)32)26-17-33-28(12-19(26)2)39-27-6-4-3-5-24(27)31/h3-6,11-13,15-17H,7-10,14,32H2,1-2H3. The molecular weight excluding hydrogens is 497 g/mol. The number of para-hydroxylation sites is 1. The third-order valence-corrected chi connectivity index (χ3v) is 7.20. The lowest BCUT2D eigenvalue weighted by atomic mass is 10.0. The van der Waals surface area contributed by atoms with E-state index < -0.39 is 5.82 Å². The number of ketones is 1. The van der Waals surface area contributed by atoms with Crippen LogP contribution in [0, 0.1) is 19.7 Å². The molecule has 2 N–H and O–H groups in total. The van der Waals surface area contributed by atoms with Crippen molar-refractivity contribution < 1.29 is 18.7 Å². The van der Waals surface area contributed by atoms with E-state index in [1.54, 1.807) is 24.4 Å². The summed E-state index contributed by atoms with van der Waals surface area (Å²) in [5, 5.41) is 4.39. The third kappa shape index (κ3) is 4.66. The first-order chi connectivity index (χ1) is 18.9. The van der Waals surface area contributed by atoms with Crippen LogP contribution in [-0.4, -0.2) is 46.9 Å². The van der Waals surface area contributed by atoms with E-state index in [9.17, 15) is 9.18 Å². The molecule has 0 saturated carbocycles. The monoisotopic (exact) mass is 525 g/mol. The van der Waals surface area contributed by atoms with Gasteiger partial charge in [0.2, 0.25) is 5.88 Å². The van der Waals surface area contributed by atoms with Gasteiger partial charge in [0.1, 0.15) is 5.82 Å². The molecule has 0 unspecified atom stereocenters. The van der Waals surface area contributed by atoms with Crippen molar-refractivity contribution in [3.63, 3.8) is 0 Å². The fraction of sp³-hybridized carbons (Fsp3) is 0.233. The molecular formula is C30H28FN5O3. The van der Waals surface area contributed by atoms with Crippen LogP contribution in [0.2, 0.25) is 0 Å². The van der Waals surface area contributed by atoms with Crippen molar-refractivity contribution in [2.24, 2.45) is 0 Å². The highest BCUT2D eigenvalue weighted by Crippen LogP contribution is 2.34. The number of carbonyl (C=O) groups is 1. The number of aromatic nitrogens is 3. The van der Waals surface area contributed by atoms with Crippen molar-refractivity contribution in [3.05, 3.63) is 94.1 Å². The molecule has 0 radical (unpaired) electrons. The van der Waals surface area contributed by atoms with E-state index in [-0.39, 0.29) is 23.2 Å². The molecule has 1 aliphatic carbocycles. The summed E-state index contributed by atoms with van der Waals surface area (Å²) in [5.74, 6) is -0.0672. The molecule has 9 heteroatoms. The normalized spacial score (nSPS) is 14.7. The number of pyridine rings is 1. The molecule has 0 amide bonds. The van der Waals surface area contributed by atoms with Crippen LogP contribution in [0.3, 0.4) is 0 Å². The summed E-state index contributed by atoms with van der Waals surface area (Å²) in [7, 11) is 0. The van der Waals surface area contributed by atoms with Crippen LogP contribution < -0.4 is 15.4 Å². The lowest BCUT2D eigenvalue weighted by Gasteiger charge is -2.30. The molecule has 0 bridgehead atoms. The zero-order valence-corrected chi connectivity index (χ0v) is 21.8. The number of hydrogen-bond donors (Lipinski definition) is 1. The Kier molecular flexibility index (Phi) is 6.36. The largest absolute Gasteiger partial charge is 0.436 e. The molecule has 6 rings (SSSR count). The summed E-state index contributed by atoms with van der Waals surface area (Å²) in [6, 6.07) is 12.1. The Balaban J connectivity index is 1.22. The Morgan fingerprint density at radius 1 is 1.05 bits per heavy atom. The SMILES string of the molecule is Cc1cc2c(cc1N1CCOCC1)CC(C(=O)c1cnn(-c3cnc(Oc4ccccc4F)cc3C)c1N)=C2. The average molecular weight is 526 g/mol. The quantitative estimate of drug-likeness (QED) is 0.352. The smallest absolute Gasteiger partial charge is 0.219 e. The first-order valence-corrected chi connectivity index (χ1v) is 12.8. The maximum Gasteiger partial charge on any atom is 0.219 e. The molecule has 2 aliphatic rings. The first-order valence-electron chi connectivity index (χ1n) is 12.8. The van der Waals surface area contributed by atoms with E-state index in [0.29, 0.717) is 23.2 Å². The number of allylic oxidation sites excluding steroid dienone is 1. The van der Waals surface area contributed by atoms with E-state index in [1.807, 2.05) is 13.0 Å². The zero-order chi connectivity index (χ0) is 27.1. The van der Waals surface area contributed by atoms with Crippen LogP contribution in [0.1, 0.15) is 32.6 Å². The summed E-state index contributed by atoms with van der Waals surface area (Å²) in [5.41, 5.74) is 13.4. The summed E-state index contributed by atoms with van der Waals surface area (Å²) < 4.78 is 26.5. The van der Waals surface area contributed by atoms with E-state index in [4.69, 9.17) is 15.2 Å². The predicted octanol–water partition coefficient (Wildman–Crippen LogP) is 5.06. The van der Waals surface area contributed by atoms with Crippen molar-refractivity contribution in [1.29, 1.82) is 0 Å². The Morgan fingerprint density at radius 2 is 1.82 bits per heavy atom. The van der Waals surface area contributed by atoms with Crippen molar-refractivity contribution >= 4 is 23.4 Å². The number of nitrogens with two attached hydrogens (primary N) is 1. The number of nitrogen functional groups attached to an aromatic ring is 1. The van der Waals surface area contributed by atoms with Crippen LogP contribution in [0.15, 0.2) is 60.4 Å². The number of fused-ring (bicyclic) bond motifs is 1. The molecule has 198 valence electrons. The van der Waals surface area contributed by atoms with E-state index in [0.717, 1.165) is 43.0 Å². The van der Waals surface area contributed by atoms with Crippen molar-refractivity contribution in [1.82, 2.24) is 14.8 Å². The Morgan fingerprint density at radius 3 is 2.59 bits per heavy atom. The van der Waals surface area contributed by atoms with Crippen LogP contribution >= 0.6 is 0 Å². The van der Waals surface area contributed by atoms with E-state index in [1.165, 1.54) is 34.3 Å². The fourth-order valence-corrected chi connectivity index (χ4v) is 5.12. The minimum absolute atomic E-state index is 0.0849. The Hall–Kier alpha value is -4.50. The van der Waals surface area contributed by atoms with Gasteiger partial charge in [0.25, 0.3) is 0 Å². The number of Topliss-reactive ketones (excluding diaryl/α,β-unsaturated/α-hetero) is 1. The average Bonchev–Trinajstić information content (AvgIpc) is 3.53. The van der Waals surface area contributed by atoms with Gasteiger partial charge >= 0.3 is 0 Å². The third-order valence-electron chi connectivity index (χ3n) is 7.20. The molecule has 8 nitrogen and oxygen atoms in total. The molecule has 1 saturated heterocycles. The highest BCUT2D eigenvalue weighted by Gasteiger charge is 2.26. The maximum absolute atomic E-state index is 14.0. The summed E-state index contributed by atoms with van der Waals surface area (Å²) in [6.45, 7) is 7.11. The number of morpholine rings is 1. The lowest BCUT2D eigenvalue weighted by Crippen LogP contribution is -2.36. The Labute approximate surface area is 225 Å². The van der Waals surface area contributed by atoms with Gasteiger partial charge in [-0.3, -0.25) is 4.79 Å². The zero-order valence-electron chi connectivity index (χ0n) is 21.8. The second-order valence-electron chi connectivity index (χ2n) is 9.81. The van der Waals surface area contributed by atoms with Crippen molar-refractivity contribution in [3.8, 4) is 17.3 Å². The van der Waals surface area contributed by atoms with Gasteiger partial charge in [-0.2, -0.15) is 5.10 Å². The molecule has 4 aromatic rings. The second-order valence-corrected chi connectivity index (χ2v) is 9.81. The summed E-state index contributed by atoms with van der Waals surface area (Å²) in [6.07, 6.45) is 5.53. The van der Waals surface area contributed by atoms with Gasteiger partial charge in [-0.05, 0) is 66.4 Å². The highest BCUT2D eigenvalue weighted by atomic mass is 19.1.